The van der Waals surface area contributed by atoms with Crippen molar-refractivity contribution in [1.82, 2.24) is 14.5 Å². The summed E-state index contributed by atoms with van der Waals surface area (Å²) >= 11 is 0. The van der Waals surface area contributed by atoms with E-state index in [1.807, 2.05) is 35.8 Å². The Labute approximate surface area is 142 Å². The Morgan fingerprint density at radius 2 is 1.80 bits per heavy atom. The average molecular weight is 347 g/mol. The Hall–Kier alpha value is -2.83. The Morgan fingerprint density at radius 1 is 1.04 bits per heavy atom. The minimum atomic E-state index is -4.46. The first-order valence-electron chi connectivity index (χ1n) is 7.58. The van der Waals surface area contributed by atoms with Crippen molar-refractivity contribution in [1.29, 1.82) is 0 Å². The summed E-state index contributed by atoms with van der Waals surface area (Å²) in [5.74, 6) is 1.30. The van der Waals surface area contributed by atoms with E-state index in [-0.39, 0.29) is 0 Å². The second-order valence-corrected chi connectivity index (χ2v) is 5.55. The van der Waals surface area contributed by atoms with Gasteiger partial charge in [-0.15, -0.1) is 0 Å². The van der Waals surface area contributed by atoms with Gasteiger partial charge in [0.1, 0.15) is 17.3 Å². The second kappa shape index (κ2) is 6.58. The van der Waals surface area contributed by atoms with Crippen molar-refractivity contribution in [3.8, 4) is 17.1 Å². The van der Waals surface area contributed by atoms with Gasteiger partial charge in [-0.1, -0.05) is 18.2 Å². The molecule has 3 aromatic rings. The fourth-order valence-electron chi connectivity index (χ4n) is 2.59. The smallest absolute Gasteiger partial charge is 0.433 e. The summed E-state index contributed by atoms with van der Waals surface area (Å²) in [5, 5.41) is 0. The molecule has 7 heteroatoms. The van der Waals surface area contributed by atoms with E-state index in [0.29, 0.717) is 17.9 Å². The number of imidazole rings is 1. The zero-order valence-electron chi connectivity index (χ0n) is 13.7. The molecule has 0 atom stereocenters. The molecule has 0 fully saturated rings. The van der Waals surface area contributed by atoms with Crippen LogP contribution in [0.2, 0.25) is 0 Å². The number of hydrogen-bond acceptors (Lipinski definition) is 3. The van der Waals surface area contributed by atoms with Crippen LogP contribution in [0.15, 0.2) is 48.8 Å². The summed E-state index contributed by atoms with van der Waals surface area (Å²) in [6.45, 7) is 2.38. The van der Waals surface area contributed by atoms with Gasteiger partial charge in [0.2, 0.25) is 0 Å². The molecule has 0 saturated carbocycles. The normalized spacial score (nSPS) is 11.6. The number of aryl methyl sites for hydroxylation is 1. The predicted molar refractivity (Wildman–Crippen MR) is 87.3 cm³/mol. The molecule has 0 unspecified atom stereocenters. The summed E-state index contributed by atoms with van der Waals surface area (Å²) in [7, 11) is 1.60. The van der Waals surface area contributed by atoms with Crippen molar-refractivity contribution in [2.24, 2.45) is 0 Å². The van der Waals surface area contributed by atoms with Crippen LogP contribution >= 0.6 is 0 Å². The summed E-state index contributed by atoms with van der Waals surface area (Å²) in [6.07, 6.45) is -1.58. The molecule has 0 aliphatic carbocycles. The van der Waals surface area contributed by atoms with E-state index in [0.717, 1.165) is 23.1 Å². The van der Waals surface area contributed by atoms with Crippen molar-refractivity contribution < 1.29 is 17.9 Å². The third-order valence-electron chi connectivity index (χ3n) is 3.89. The number of hydrogen-bond donors (Lipinski definition) is 0. The van der Waals surface area contributed by atoms with Gasteiger partial charge >= 0.3 is 6.18 Å². The van der Waals surface area contributed by atoms with Gasteiger partial charge in [0, 0.05) is 29.2 Å². The lowest BCUT2D eigenvalue weighted by Gasteiger charge is -2.13. The van der Waals surface area contributed by atoms with Crippen LogP contribution in [0.1, 0.15) is 17.0 Å². The summed E-state index contributed by atoms with van der Waals surface area (Å²) in [4.78, 5) is 7.84. The number of rotatable bonds is 4. The highest BCUT2D eigenvalue weighted by Gasteiger charge is 2.32. The Bertz CT molecular complexity index is 870. The van der Waals surface area contributed by atoms with Crippen LogP contribution < -0.4 is 4.74 Å². The van der Waals surface area contributed by atoms with Crippen LogP contribution in [0.4, 0.5) is 13.2 Å². The lowest BCUT2D eigenvalue weighted by Crippen LogP contribution is -2.08. The number of nitrogens with zero attached hydrogens (tertiary/aromatic N) is 3. The molecular weight excluding hydrogens is 331 g/mol. The molecule has 0 radical (unpaired) electrons. The topological polar surface area (TPSA) is 39.9 Å². The third-order valence-corrected chi connectivity index (χ3v) is 3.89. The van der Waals surface area contributed by atoms with Gasteiger partial charge in [-0.2, -0.15) is 13.2 Å². The van der Waals surface area contributed by atoms with E-state index in [1.165, 1.54) is 12.3 Å². The number of benzene rings is 1. The molecule has 0 saturated heterocycles. The molecule has 0 amide bonds. The zero-order chi connectivity index (χ0) is 18.0. The van der Waals surface area contributed by atoms with E-state index < -0.39 is 11.9 Å². The van der Waals surface area contributed by atoms with Crippen LogP contribution in [0.5, 0.6) is 5.75 Å². The number of pyridine rings is 1. The first kappa shape index (κ1) is 17.0. The second-order valence-electron chi connectivity index (χ2n) is 5.55. The summed E-state index contributed by atoms with van der Waals surface area (Å²) < 4.78 is 45.3. The molecule has 0 bridgehead atoms. The van der Waals surface area contributed by atoms with Crippen molar-refractivity contribution >= 4 is 0 Å². The molecule has 0 aliphatic rings. The van der Waals surface area contributed by atoms with Gasteiger partial charge in [-0.25, -0.2) is 4.98 Å². The Balaban J connectivity index is 1.97. The largest absolute Gasteiger partial charge is 0.496 e. The molecule has 0 aliphatic heterocycles. The third kappa shape index (κ3) is 3.50. The van der Waals surface area contributed by atoms with Crippen molar-refractivity contribution in [2.75, 3.05) is 7.11 Å². The van der Waals surface area contributed by atoms with E-state index >= 15 is 0 Å². The molecule has 130 valence electrons. The average Bonchev–Trinajstić information content (AvgIpc) is 2.95. The molecule has 0 spiro atoms. The SMILES string of the molecule is COc1ccccc1Cn1c(C)cnc1-c1ccc(C(F)(F)F)nc1. The van der Waals surface area contributed by atoms with Gasteiger partial charge in [-0.05, 0) is 25.1 Å². The summed E-state index contributed by atoms with van der Waals surface area (Å²) in [5.41, 5.74) is 1.44. The number of alkyl halides is 3. The molecule has 2 heterocycles. The first-order chi connectivity index (χ1) is 11.9. The van der Waals surface area contributed by atoms with Gasteiger partial charge in [-0.3, -0.25) is 4.98 Å². The number of methoxy groups -OCH3 is 1. The molecule has 4 nitrogen and oxygen atoms in total. The molecule has 1 aromatic carbocycles. The Morgan fingerprint density at radius 3 is 2.44 bits per heavy atom. The van der Waals surface area contributed by atoms with Crippen LogP contribution in [-0.2, 0) is 12.7 Å². The van der Waals surface area contributed by atoms with Gasteiger partial charge in [0.15, 0.2) is 0 Å². The monoisotopic (exact) mass is 347 g/mol. The van der Waals surface area contributed by atoms with Crippen LogP contribution in [0.25, 0.3) is 11.4 Å². The van der Waals surface area contributed by atoms with E-state index in [4.69, 9.17) is 4.74 Å². The van der Waals surface area contributed by atoms with Gasteiger partial charge < -0.3 is 9.30 Å². The highest BCUT2D eigenvalue weighted by Crippen LogP contribution is 2.29. The molecular formula is C18H16F3N3O. The summed E-state index contributed by atoms with van der Waals surface area (Å²) in [6, 6.07) is 9.93. The quantitative estimate of drug-likeness (QED) is 0.705. The lowest BCUT2D eigenvalue weighted by atomic mass is 10.2. The predicted octanol–water partition coefficient (Wildman–Crippen LogP) is 4.33. The van der Waals surface area contributed by atoms with Crippen LogP contribution in [-0.4, -0.2) is 21.6 Å². The standard InChI is InChI=1S/C18H16F3N3O/c1-12-9-23-17(13-7-8-16(22-10-13)18(19,20)21)24(12)11-14-5-3-4-6-15(14)25-2/h3-10H,11H2,1-2H3. The first-order valence-corrected chi connectivity index (χ1v) is 7.58. The maximum Gasteiger partial charge on any atom is 0.433 e. The highest BCUT2D eigenvalue weighted by atomic mass is 19.4. The maximum atomic E-state index is 12.7. The van der Waals surface area contributed by atoms with Gasteiger partial charge in [0.05, 0.1) is 13.7 Å². The number of aromatic nitrogens is 3. The fourth-order valence-corrected chi connectivity index (χ4v) is 2.59. The van der Waals surface area contributed by atoms with E-state index in [1.54, 1.807) is 13.3 Å². The molecule has 2 aromatic heterocycles. The molecule has 0 N–H and O–H groups in total. The van der Waals surface area contributed by atoms with E-state index in [9.17, 15) is 13.2 Å². The Kier molecular flexibility index (Phi) is 4.48. The lowest BCUT2D eigenvalue weighted by molar-refractivity contribution is -0.141. The zero-order valence-corrected chi connectivity index (χ0v) is 13.7. The highest BCUT2D eigenvalue weighted by molar-refractivity contribution is 5.55. The van der Waals surface area contributed by atoms with Crippen molar-refractivity contribution in [3.05, 3.63) is 65.7 Å². The maximum absolute atomic E-state index is 12.7. The molecule has 3 rings (SSSR count). The van der Waals surface area contributed by atoms with Gasteiger partial charge in [0.25, 0.3) is 0 Å². The number of para-hydroxylation sites is 1. The fraction of sp³-hybridized carbons (Fsp3) is 0.222. The van der Waals surface area contributed by atoms with Crippen molar-refractivity contribution in [2.45, 2.75) is 19.6 Å². The minimum absolute atomic E-state index is 0.492. The minimum Gasteiger partial charge on any atom is -0.496 e. The molecule has 25 heavy (non-hydrogen) atoms. The van der Waals surface area contributed by atoms with Crippen LogP contribution in [0, 0.1) is 6.92 Å². The van der Waals surface area contributed by atoms with Crippen molar-refractivity contribution in [3.63, 3.8) is 0 Å². The van der Waals surface area contributed by atoms with Crippen LogP contribution in [0.3, 0.4) is 0 Å². The number of halogens is 3. The van der Waals surface area contributed by atoms with E-state index in [2.05, 4.69) is 9.97 Å². The number of ether oxygens (including phenoxy) is 1.